The number of halogens is 1. The zero-order valence-corrected chi connectivity index (χ0v) is 14.5. The molecule has 0 saturated heterocycles. The van der Waals surface area contributed by atoms with Crippen molar-refractivity contribution in [3.63, 3.8) is 0 Å². The summed E-state index contributed by atoms with van der Waals surface area (Å²) in [5.41, 5.74) is 6.89. The molecule has 2 nitrogen and oxygen atoms in total. The minimum absolute atomic E-state index is 0.0171. The highest BCUT2D eigenvalue weighted by Gasteiger charge is 2.39. The second-order valence-electron chi connectivity index (χ2n) is 5.25. The quantitative estimate of drug-likeness (QED) is 0.809. The van der Waals surface area contributed by atoms with Gasteiger partial charge in [-0.3, -0.25) is 0 Å². The average Bonchev–Trinajstić information content (AvgIpc) is 2.12. The highest BCUT2D eigenvalue weighted by atomic mass is 79.9. The molecule has 0 radical (unpaired) electrons. The largest absolute Gasteiger partial charge is 0.419 e. The molecule has 2 unspecified atom stereocenters. The Morgan fingerprint density at radius 2 is 1.73 bits per heavy atom. The van der Waals surface area contributed by atoms with Crippen LogP contribution in [0.5, 0.6) is 0 Å². The van der Waals surface area contributed by atoms with Crippen LogP contribution in [0.2, 0.25) is 0 Å². The molecule has 15 heavy (non-hydrogen) atoms. The van der Waals surface area contributed by atoms with Gasteiger partial charge in [0.25, 0.3) is 0 Å². The van der Waals surface area contributed by atoms with Crippen LogP contribution in [0.15, 0.2) is 10.1 Å². The third-order valence-corrected chi connectivity index (χ3v) is 5.45. The maximum Gasteiger partial charge on any atom is 0.147 e. The number of rotatable bonds is 3. The van der Waals surface area contributed by atoms with E-state index in [9.17, 15) is 0 Å². The van der Waals surface area contributed by atoms with Gasteiger partial charge in [0.05, 0.1) is 5.60 Å². The van der Waals surface area contributed by atoms with E-state index in [1.165, 1.54) is 5.57 Å². The van der Waals surface area contributed by atoms with Crippen LogP contribution in [0, 0.1) is 5.41 Å². The predicted octanol–water partition coefficient (Wildman–Crippen LogP) is 2.10. The van der Waals surface area contributed by atoms with Gasteiger partial charge in [-0.05, 0) is 31.8 Å². The van der Waals surface area contributed by atoms with Gasteiger partial charge in [0.15, 0.2) is 0 Å². The molecule has 0 heterocycles. The van der Waals surface area contributed by atoms with Crippen molar-refractivity contribution in [1.29, 1.82) is 0 Å². The molecule has 0 spiro atoms. The molecule has 0 aromatic heterocycles. The summed E-state index contributed by atoms with van der Waals surface area (Å²) < 4.78 is 6.88. The van der Waals surface area contributed by atoms with Gasteiger partial charge < -0.3 is 10.2 Å². The summed E-state index contributed by atoms with van der Waals surface area (Å²) in [6.07, 6.45) is 0. The van der Waals surface area contributed by atoms with E-state index < -0.39 is 0 Å². The van der Waals surface area contributed by atoms with Crippen molar-refractivity contribution in [2.45, 2.75) is 53.2 Å². The monoisotopic (exact) mass is 293 g/mol. The summed E-state index contributed by atoms with van der Waals surface area (Å²) in [4.78, 5) is 0. The SMILES string of the molecule is CC(=C(Br)C(C)N)C(C)(O[SiH3])C(C)(C)C. The molecule has 0 aliphatic carbocycles. The molecule has 0 aliphatic heterocycles. The Bertz CT molecular complexity index is 258. The van der Waals surface area contributed by atoms with Gasteiger partial charge in [0.2, 0.25) is 0 Å². The van der Waals surface area contributed by atoms with Gasteiger partial charge in [-0.15, -0.1) is 0 Å². The van der Waals surface area contributed by atoms with E-state index in [1.807, 2.05) is 6.92 Å². The van der Waals surface area contributed by atoms with Crippen LogP contribution in [-0.4, -0.2) is 22.1 Å². The fraction of sp³-hybridized carbons (Fsp3) is 0.818. The lowest BCUT2D eigenvalue weighted by atomic mass is 9.73. The molecule has 0 fully saturated rings. The van der Waals surface area contributed by atoms with Gasteiger partial charge in [0, 0.05) is 10.5 Å². The first kappa shape index (κ1) is 15.4. The molecule has 4 heteroatoms. The first-order valence-electron chi connectivity index (χ1n) is 5.25. The zero-order chi connectivity index (χ0) is 12.4. The maximum absolute atomic E-state index is 5.88. The number of hydrogen-bond acceptors (Lipinski definition) is 2. The molecule has 0 aromatic carbocycles. The molecule has 0 aromatic rings. The number of nitrogens with two attached hydrogens (primary N) is 1. The highest BCUT2D eigenvalue weighted by molar-refractivity contribution is 9.11. The van der Waals surface area contributed by atoms with Crippen molar-refractivity contribution in [2.75, 3.05) is 0 Å². The van der Waals surface area contributed by atoms with E-state index in [2.05, 4.69) is 50.5 Å². The first-order valence-corrected chi connectivity index (χ1v) is 6.86. The topological polar surface area (TPSA) is 35.2 Å². The first-order chi connectivity index (χ1) is 6.58. The molecule has 0 bridgehead atoms. The Morgan fingerprint density at radius 3 is 1.93 bits per heavy atom. The summed E-state index contributed by atoms with van der Waals surface area (Å²) >= 11 is 3.57. The van der Waals surface area contributed by atoms with Gasteiger partial charge in [-0.25, -0.2) is 0 Å². The Labute approximate surface area is 105 Å². The smallest absolute Gasteiger partial charge is 0.147 e. The Kier molecular flexibility index (Phi) is 5.25. The Morgan fingerprint density at radius 1 is 1.33 bits per heavy atom. The van der Waals surface area contributed by atoms with Crippen molar-refractivity contribution < 1.29 is 4.43 Å². The Balaban J connectivity index is 5.42. The van der Waals surface area contributed by atoms with Crippen LogP contribution >= 0.6 is 15.9 Å². The van der Waals surface area contributed by atoms with Crippen molar-refractivity contribution in [1.82, 2.24) is 0 Å². The van der Waals surface area contributed by atoms with Crippen molar-refractivity contribution in [2.24, 2.45) is 11.1 Å². The Hall–Kier alpha value is 0.357. The van der Waals surface area contributed by atoms with Crippen molar-refractivity contribution >= 4 is 26.4 Å². The van der Waals surface area contributed by atoms with Crippen LogP contribution < -0.4 is 5.73 Å². The molecule has 0 amide bonds. The molecule has 2 atom stereocenters. The third-order valence-electron chi connectivity index (χ3n) is 3.31. The second kappa shape index (κ2) is 5.12. The molecule has 0 rings (SSSR count). The van der Waals surface area contributed by atoms with E-state index >= 15 is 0 Å². The summed E-state index contributed by atoms with van der Waals surface area (Å²) in [6, 6.07) is 0.0171. The summed E-state index contributed by atoms with van der Waals surface area (Å²) in [6.45, 7) is 12.8. The van der Waals surface area contributed by atoms with E-state index in [0.717, 1.165) is 15.0 Å². The van der Waals surface area contributed by atoms with Crippen LogP contribution in [-0.2, 0) is 4.43 Å². The zero-order valence-electron chi connectivity index (χ0n) is 10.9. The maximum atomic E-state index is 5.88. The van der Waals surface area contributed by atoms with Gasteiger partial charge in [0.1, 0.15) is 10.5 Å². The van der Waals surface area contributed by atoms with E-state index in [0.29, 0.717) is 0 Å². The standard InChI is InChI=1S/C11H24BrNOSi/c1-7(9(12)8(2)13)11(6,14-15)10(3,4)5/h8H,13H2,1-6,15H3. The van der Waals surface area contributed by atoms with Crippen molar-refractivity contribution in [3.8, 4) is 0 Å². The highest BCUT2D eigenvalue weighted by Crippen LogP contribution is 2.41. The van der Waals surface area contributed by atoms with Gasteiger partial charge >= 0.3 is 0 Å². The van der Waals surface area contributed by atoms with E-state index in [4.69, 9.17) is 10.2 Å². The molecule has 0 aliphatic rings. The minimum atomic E-state index is -0.244. The second-order valence-corrected chi connectivity index (χ2v) is 6.51. The summed E-state index contributed by atoms with van der Waals surface area (Å²) in [5, 5.41) is 0. The van der Waals surface area contributed by atoms with Crippen LogP contribution in [0.4, 0.5) is 0 Å². The van der Waals surface area contributed by atoms with Crippen LogP contribution in [0.1, 0.15) is 41.5 Å². The lowest BCUT2D eigenvalue weighted by Gasteiger charge is -2.43. The lowest BCUT2D eigenvalue weighted by Crippen LogP contribution is -2.44. The fourth-order valence-electron chi connectivity index (χ4n) is 1.59. The fourth-order valence-corrected chi connectivity index (χ4v) is 2.89. The van der Waals surface area contributed by atoms with Crippen LogP contribution in [0.3, 0.4) is 0 Å². The van der Waals surface area contributed by atoms with E-state index in [1.54, 1.807) is 0 Å². The third kappa shape index (κ3) is 3.16. The average molecular weight is 294 g/mol. The molecular weight excluding hydrogens is 270 g/mol. The molecule has 0 saturated carbocycles. The number of hydrogen-bond donors (Lipinski definition) is 1. The molecule has 2 N–H and O–H groups in total. The summed E-state index contributed by atoms with van der Waals surface area (Å²) in [5.74, 6) is 0. The molecule has 90 valence electrons. The predicted molar refractivity (Wildman–Crippen MR) is 74.2 cm³/mol. The lowest BCUT2D eigenvalue weighted by molar-refractivity contribution is 0.0245. The van der Waals surface area contributed by atoms with Crippen LogP contribution in [0.25, 0.3) is 0 Å². The summed E-state index contributed by atoms with van der Waals surface area (Å²) in [7, 11) is 0.721. The van der Waals surface area contributed by atoms with E-state index in [-0.39, 0.29) is 17.1 Å². The van der Waals surface area contributed by atoms with Gasteiger partial charge in [-0.2, -0.15) is 0 Å². The molecular formula is C11H24BrNOSi. The minimum Gasteiger partial charge on any atom is -0.419 e. The van der Waals surface area contributed by atoms with Gasteiger partial charge in [-0.1, -0.05) is 36.7 Å². The van der Waals surface area contributed by atoms with Crippen molar-refractivity contribution in [3.05, 3.63) is 10.1 Å². The normalized spacial score (nSPS) is 20.8.